The van der Waals surface area contributed by atoms with Crippen LogP contribution in [-0.2, 0) is 23.9 Å². The van der Waals surface area contributed by atoms with Gasteiger partial charge in [-0.25, -0.2) is 0 Å². The van der Waals surface area contributed by atoms with Crippen molar-refractivity contribution in [2.24, 2.45) is 22.7 Å². The van der Waals surface area contributed by atoms with E-state index < -0.39 is 46.5 Å². The minimum atomic E-state index is -1.66. The molecule has 4 aliphatic carbocycles. The number of ether oxygens (including phenoxy) is 2. The lowest BCUT2D eigenvalue weighted by Gasteiger charge is -2.66. The van der Waals surface area contributed by atoms with Crippen molar-refractivity contribution in [2.45, 2.75) is 83.0 Å². The van der Waals surface area contributed by atoms with Crippen LogP contribution in [0.2, 0.25) is 0 Å². The van der Waals surface area contributed by atoms with Crippen LogP contribution in [0, 0.1) is 22.7 Å². The fraction of sp³-hybridized carbons (Fsp3) is 0.792. The highest BCUT2D eigenvalue weighted by Gasteiger charge is 2.74. The average molecular weight is 435 g/mol. The van der Waals surface area contributed by atoms with Crippen LogP contribution in [0.25, 0.3) is 0 Å². The summed E-state index contributed by atoms with van der Waals surface area (Å²) in [6.45, 7) is 4.75. The van der Waals surface area contributed by atoms with E-state index in [4.69, 9.17) is 9.47 Å². The van der Waals surface area contributed by atoms with Crippen LogP contribution >= 0.6 is 0 Å². The Balaban J connectivity index is 1.74. The van der Waals surface area contributed by atoms with Gasteiger partial charge in [-0.15, -0.1) is 0 Å². The fourth-order valence-corrected chi connectivity index (χ4v) is 7.85. The van der Waals surface area contributed by atoms with Gasteiger partial charge in [0.2, 0.25) is 5.78 Å². The lowest BCUT2D eigenvalue weighted by Crippen LogP contribution is -2.72. The van der Waals surface area contributed by atoms with Crippen molar-refractivity contribution in [3.8, 4) is 0 Å². The maximum absolute atomic E-state index is 13.0. The number of aliphatic hydroxyl groups excluding tert-OH is 1. The van der Waals surface area contributed by atoms with Gasteiger partial charge in [-0.2, -0.15) is 0 Å². The van der Waals surface area contributed by atoms with Crippen molar-refractivity contribution >= 4 is 17.5 Å². The summed E-state index contributed by atoms with van der Waals surface area (Å²) in [5.41, 5.74) is -2.80. The van der Waals surface area contributed by atoms with E-state index >= 15 is 0 Å². The van der Waals surface area contributed by atoms with Gasteiger partial charge in [0.1, 0.15) is 11.2 Å². The summed E-state index contributed by atoms with van der Waals surface area (Å²) in [6, 6.07) is 0. The molecular weight excluding hydrogens is 400 g/mol. The molecule has 4 aliphatic rings. The zero-order chi connectivity index (χ0) is 22.8. The molecule has 7 atom stereocenters. The number of Topliss-reactive ketones (excluding diaryl/α,β-unsaturated/α-hetero) is 1. The molecule has 3 saturated carbocycles. The predicted molar refractivity (Wildman–Crippen MR) is 111 cm³/mol. The van der Waals surface area contributed by atoms with E-state index in [-0.39, 0.29) is 30.5 Å². The second-order valence-electron chi connectivity index (χ2n) is 10.5. The molecule has 0 aromatic heterocycles. The summed E-state index contributed by atoms with van der Waals surface area (Å²) in [6.07, 6.45) is 4.48. The number of esters is 1. The summed E-state index contributed by atoms with van der Waals surface area (Å²) in [5, 5.41) is 23.2. The Hall–Kier alpha value is -1.57. The molecule has 4 rings (SSSR count). The van der Waals surface area contributed by atoms with E-state index in [0.717, 1.165) is 18.4 Å². The van der Waals surface area contributed by atoms with Crippen LogP contribution in [0.5, 0.6) is 0 Å². The number of ketones is 2. The number of carbonyl (C=O) groups excluding carboxylic acids is 3. The van der Waals surface area contributed by atoms with E-state index in [1.165, 1.54) is 6.92 Å². The third-order valence-corrected chi connectivity index (χ3v) is 9.44. The minimum absolute atomic E-state index is 0.0295. The summed E-state index contributed by atoms with van der Waals surface area (Å²) < 4.78 is 11.1. The Labute approximate surface area is 183 Å². The molecule has 7 heteroatoms. The molecule has 31 heavy (non-hydrogen) atoms. The van der Waals surface area contributed by atoms with Crippen LogP contribution in [0.15, 0.2) is 11.6 Å². The summed E-state index contributed by atoms with van der Waals surface area (Å²) in [4.78, 5) is 36.3. The first-order valence-corrected chi connectivity index (χ1v) is 11.3. The van der Waals surface area contributed by atoms with Crippen LogP contribution in [0.3, 0.4) is 0 Å². The second-order valence-corrected chi connectivity index (χ2v) is 10.5. The SMILES string of the molecule is CO[C@]12C(O)C[C@@]3(C)[C@@H](CC[C@]3(O)C(=O)COC(C)=O)[C@@H]1CCC1=CC(=O)CC[C@@]12C. The van der Waals surface area contributed by atoms with Crippen molar-refractivity contribution in [2.75, 3.05) is 13.7 Å². The summed E-state index contributed by atoms with van der Waals surface area (Å²) >= 11 is 0. The highest BCUT2D eigenvalue weighted by Crippen LogP contribution is 2.70. The first-order valence-electron chi connectivity index (χ1n) is 11.3. The van der Waals surface area contributed by atoms with Gasteiger partial charge in [0, 0.05) is 31.3 Å². The van der Waals surface area contributed by atoms with Crippen molar-refractivity contribution in [1.82, 2.24) is 0 Å². The zero-order valence-electron chi connectivity index (χ0n) is 18.9. The Morgan fingerprint density at radius 3 is 2.52 bits per heavy atom. The zero-order valence-corrected chi connectivity index (χ0v) is 18.9. The van der Waals surface area contributed by atoms with E-state index in [9.17, 15) is 24.6 Å². The number of rotatable bonds is 4. The largest absolute Gasteiger partial charge is 0.458 e. The number of methoxy groups -OCH3 is 1. The molecule has 172 valence electrons. The normalized spacial score (nSPS) is 46.5. The number of hydrogen-bond donors (Lipinski definition) is 2. The highest BCUT2D eigenvalue weighted by molar-refractivity contribution is 5.92. The van der Waals surface area contributed by atoms with Crippen molar-refractivity contribution < 1.29 is 34.1 Å². The first kappa shape index (κ1) is 22.6. The summed E-state index contributed by atoms with van der Waals surface area (Å²) in [5.74, 6) is -1.03. The third kappa shape index (κ3) is 2.79. The Morgan fingerprint density at radius 1 is 1.16 bits per heavy atom. The Bertz CT molecular complexity index is 849. The Morgan fingerprint density at radius 2 is 1.87 bits per heavy atom. The molecule has 0 saturated heterocycles. The number of fused-ring (bicyclic) bond motifs is 5. The molecule has 0 radical (unpaired) electrons. The molecule has 0 aromatic rings. The molecule has 0 bridgehead atoms. The standard InChI is InChI=1S/C24H34O7/c1-14(25)31-13-20(28)23(29)10-8-17-18-6-5-15-11-16(26)7-9-21(15,2)24(18,30-4)19(27)12-22(17,23)3/h11,17-19,27,29H,5-10,12-13H2,1-4H3/t17-,18-,19?,21-,22-,23-,24-/m0/s1. The molecule has 0 heterocycles. The van der Waals surface area contributed by atoms with E-state index in [2.05, 4.69) is 6.92 Å². The van der Waals surface area contributed by atoms with E-state index in [0.29, 0.717) is 19.3 Å². The van der Waals surface area contributed by atoms with Crippen LogP contribution in [0.1, 0.15) is 65.7 Å². The maximum Gasteiger partial charge on any atom is 0.303 e. The monoisotopic (exact) mass is 434 g/mol. The second kappa shape index (κ2) is 7.22. The molecule has 0 aliphatic heterocycles. The molecule has 0 spiro atoms. The van der Waals surface area contributed by atoms with Gasteiger partial charge < -0.3 is 19.7 Å². The van der Waals surface area contributed by atoms with E-state index in [1.807, 2.05) is 6.92 Å². The first-order chi connectivity index (χ1) is 14.5. The number of hydrogen-bond acceptors (Lipinski definition) is 7. The summed E-state index contributed by atoms with van der Waals surface area (Å²) in [7, 11) is 1.64. The molecule has 7 nitrogen and oxygen atoms in total. The molecule has 3 fully saturated rings. The lowest BCUT2D eigenvalue weighted by atomic mass is 9.43. The van der Waals surface area contributed by atoms with Crippen molar-refractivity contribution in [1.29, 1.82) is 0 Å². The van der Waals surface area contributed by atoms with Crippen molar-refractivity contribution in [3.05, 3.63) is 11.6 Å². The molecular formula is C24H34O7. The lowest BCUT2D eigenvalue weighted by molar-refractivity contribution is -0.270. The van der Waals surface area contributed by atoms with Crippen LogP contribution in [0.4, 0.5) is 0 Å². The smallest absolute Gasteiger partial charge is 0.303 e. The molecule has 0 aromatic carbocycles. The van der Waals surface area contributed by atoms with Crippen molar-refractivity contribution in [3.63, 3.8) is 0 Å². The van der Waals surface area contributed by atoms with Crippen LogP contribution < -0.4 is 0 Å². The van der Waals surface area contributed by atoms with Gasteiger partial charge in [-0.3, -0.25) is 14.4 Å². The van der Waals surface area contributed by atoms with Gasteiger partial charge >= 0.3 is 5.97 Å². The molecule has 1 unspecified atom stereocenters. The van der Waals surface area contributed by atoms with Crippen LogP contribution in [-0.4, -0.2) is 58.8 Å². The number of carbonyl (C=O) groups is 3. The maximum atomic E-state index is 13.0. The van der Waals surface area contributed by atoms with Gasteiger partial charge in [0.15, 0.2) is 12.4 Å². The average Bonchev–Trinajstić information content (AvgIpc) is 2.97. The fourth-order valence-electron chi connectivity index (χ4n) is 7.85. The number of aliphatic hydroxyl groups is 2. The molecule has 2 N–H and O–H groups in total. The third-order valence-electron chi connectivity index (χ3n) is 9.44. The van der Waals surface area contributed by atoms with Gasteiger partial charge in [0.25, 0.3) is 0 Å². The molecule has 0 amide bonds. The minimum Gasteiger partial charge on any atom is -0.458 e. The predicted octanol–water partition coefficient (Wildman–Crippen LogP) is 2.12. The topological polar surface area (TPSA) is 110 Å². The Kier molecular flexibility index (Phi) is 5.27. The highest BCUT2D eigenvalue weighted by atomic mass is 16.5. The van der Waals surface area contributed by atoms with Gasteiger partial charge in [-0.05, 0) is 56.4 Å². The van der Waals surface area contributed by atoms with E-state index in [1.54, 1.807) is 13.2 Å². The quantitative estimate of drug-likeness (QED) is 0.652. The van der Waals surface area contributed by atoms with Gasteiger partial charge in [-0.1, -0.05) is 19.4 Å². The van der Waals surface area contributed by atoms with Gasteiger partial charge in [0.05, 0.1) is 6.10 Å².